The summed E-state index contributed by atoms with van der Waals surface area (Å²) < 4.78 is 31.8. The van der Waals surface area contributed by atoms with E-state index >= 15 is 0 Å². The van der Waals surface area contributed by atoms with Crippen molar-refractivity contribution in [1.29, 1.82) is 0 Å². The molecule has 0 saturated heterocycles. The summed E-state index contributed by atoms with van der Waals surface area (Å²) in [6.45, 7) is 0. The molecule has 0 aliphatic carbocycles. The molecule has 0 aromatic rings. The van der Waals surface area contributed by atoms with Crippen LogP contribution in [0, 0.1) is 0 Å². The molecule has 7 nitrogen and oxygen atoms in total. The van der Waals surface area contributed by atoms with Gasteiger partial charge in [-0.1, -0.05) is 0 Å². The van der Waals surface area contributed by atoms with Crippen LogP contribution in [0.4, 0.5) is 4.79 Å². The standard InChI is InChI=1S/CH2O3.Co.Li.Mn.Ni.2H2O.2O.H/c2-1(3)4;;;;;;;;;/h(H2,2,3,4);;;;;2*1H2;;;/q;;;+2;;;;;;/p-2. The van der Waals surface area contributed by atoms with Crippen molar-refractivity contribution in [2.24, 2.45) is 0 Å². The summed E-state index contributed by atoms with van der Waals surface area (Å²) >= 11 is -5.12. The van der Waals surface area contributed by atoms with Gasteiger partial charge in [0.1, 0.15) is 0 Å². The van der Waals surface area contributed by atoms with Gasteiger partial charge in [-0.05, 0) is 0 Å². The number of hydrogen-bond acceptors (Lipinski definition) is 3. The Morgan fingerprint density at radius 1 is 1.08 bits per heavy atom. The predicted octanol–water partition coefficient (Wildman–Crippen LogP) is -1.79. The third-order valence-corrected chi connectivity index (χ3v) is 0. The van der Waals surface area contributed by atoms with Crippen LogP contribution < -0.4 is 0 Å². The van der Waals surface area contributed by atoms with Gasteiger partial charge in [0.2, 0.25) is 0 Å². The summed E-state index contributed by atoms with van der Waals surface area (Å²) in [6.07, 6.45) is -1.83. The van der Waals surface area contributed by atoms with Gasteiger partial charge >= 0.3 is 54.4 Å². The zero-order chi connectivity index (χ0) is 8.08. The first-order chi connectivity index (χ1) is 3.73. The van der Waals surface area contributed by atoms with E-state index in [0.29, 0.717) is 0 Å². The fourth-order valence-electron chi connectivity index (χ4n) is 0. The van der Waals surface area contributed by atoms with Crippen LogP contribution in [-0.4, -0.2) is 43.6 Å². The van der Waals surface area contributed by atoms with Crippen LogP contribution in [0.2, 0.25) is 0 Å². The van der Waals surface area contributed by atoms with Crippen LogP contribution in [0.15, 0.2) is 0 Å². The van der Waals surface area contributed by atoms with Gasteiger partial charge in [0.05, 0.1) is 0 Å². The third kappa shape index (κ3) is 1300. The summed E-state index contributed by atoms with van der Waals surface area (Å²) in [4.78, 5) is 8.56. The Bertz CT molecular complexity index is 166. The summed E-state index contributed by atoms with van der Waals surface area (Å²) in [5, 5.41) is 13.9. The minimum atomic E-state index is -5.12. The number of hydrogen-bond donors (Lipinski definition) is 4. The molecular weight excluding hydrogens is 304 g/mol. The number of rotatable bonds is 0. The monoisotopic (exact) mass is 308 g/mol. The Labute approximate surface area is 102 Å². The van der Waals surface area contributed by atoms with E-state index in [1.54, 1.807) is 0 Å². The first-order valence-corrected chi connectivity index (χ1v) is 3.32. The van der Waals surface area contributed by atoms with E-state index in [1.165, 1.54) is 0 Å². The molecule has 78 valence electrons. The molecule has 0 aliphatic rings. The minimum absolute atomic E-state index is 0. The van der Waals surface area contributed by atoms with Crippen molar-refractivity contribution in [3.8, 4) is 0 Å². The Hall–Kier alpha value is 0.907. The third-order valence-electron chi connectivity index (χ3n) is 0. The topological polar surface area (TPSA) is 132 Å². The maximum absolute atomic E-state index is 8.80. The molecule has 0 saturated carbocycles. The second-order valence-corrected chi connectivity index (χ2v) is 1.99. The Balaban J connectivity index is -0.0000000221. The molecule has 0 bridgehead atoms. The average Bonchev–Trinajstić information content (AvgIpc) is 1.19. The average molecular weight is 309 g/mol. The van der Waals surface area contributed by atoms with Crippen LogP contribution in [0.5, 0.6) is 0 Å². The molecule has 0 heterocycles. The molecule has 11 heteroatoms. The van der Waals surface area contributed by atoms with Gasteiger partial charge in [0.25, 0.3) is 0 Å². The number of carbonyl (C=O) groups is 1. The summed E-state index contributed by atoms with van der Waals surface area (Å²) in [7, 11) is 0. The van der Waals surface area contributed by atoms with Gasteiger partial charge in [-0.3, -0.25) is 0 Å². The van der Waals surface area contributed by atoms with Crippen LogP contribution in [-0.2, 0) is 54.3 Å². The second kappa shape index (κ2) is 14.4. The molecule has 0 rings (SSSR count). The molecule has 4 N–H and O–H groups in total. The van der Waals surface area contributed by atoms with Gasteiger partial charge in [-0.15, -0.1) is 0 Å². The fourth-order valence-corrected chi connectivity index (χ4v) is 0. The summed E-state index contributed by atoms with van der Waals surface area (Å²) in [5.41, 5.74) is 0. The van der Waals surface area contributed by atoms with Crippen LogP contribution in [0.3, 0.4) is 0 Å². The molecule has 1 radical (unpaired) electrons. The summed E-state index contributed by atoms with van der Waals surface area (Å²) in [6, 6.07) is 0. The van der Waals surface area contributed by atoms with Crippen molar-refractivity contribution in [2.45, 2.75) is 0 Å². The van der Waals surface area contributed by atoms with Crippen molar-refractivity contribution >= 4 is 25.0 Å². The van der Waals surface area contributed by atoms with Gasteiger partial charge in [0, 0.05) is 33.3 Å². The molecule has 0 fully saturated rings. The van der Waals surface area contributed by atoms with E-state index in [1.807, 2.05) is 0 Å². The second-order valence-electron chi connectivity index (χ2n) is 0.697. The Kier molecular flexibility index (Phi) is 35.2. The first kappa shape index (κ1) is 29.3. The zero-order valence-electron chi connectivity index (χ0n) is 4.54. The fraction of sp³-hybridized carbons (Fsp3) is 0. The normalized spacial score (nSPS) is 6.83. The molecular formula is CH5CoLiMnNiO7. The number of carboxylic acid groups (broad SMARTS) is 2. The van der Waals surface area contributed by atoms with Gasteiger partial charge in [-0.25, -0.2) is 4.79 Å². The molecule has 12 heavy (non-hydrogen) atoms. The zero-order valence-corrected chi connectivity index (χ0v) is 7.75. The maximum atomic E-state index is 8.80. The molecule has 0 aromatic heterocycles. The molecule has 0 unspecified atom stereocenters. The first-order valence-electron chi connectivity index (χ1n) is 1.30. The summed E-state index contributed by atoms with van der Waals surface area (Å²) in [5.74, 6) is 0. The molecule has 0 amide bonds. The molecule has 0 spiro atoms. The SMILES string of the molecule is O=C(O)O.[Co].[LiH].[Ni].[O]=[Mn](=[O])([OH])[OH]. The van der Waals surface area contributed by atoms with Crippen LogP contribution in [0.25, 0.3) is 0 Å². The van der Waals surface area contributed by atoms with E-state index in [9.17, 15) is 0 Å². The van der Waals surface area contributed by atoms with Crippen LogP contribution in [0.1, 0.15) is 0 Å². The van der Waals surface area contributed by atoms with E-state index in [-0.39, 0.29) is 52.1 Å². The van der Waals surface area contributed by atoms with Crippen molar-refractivity contribution in [1.82, 2.24) is 0 Å². The van der Waals surface area contributed by atoms with E-state index in [4.69, 9.17) is 31.1 Å². The molecule has 0 aliphatic heterocycles. The van der Waals surface area contributed by atoms with Crippen molar-refractivity contribution < 1.29 is 77.7 Å². The van der Waals surface area contributed by atoms with Gasteiger partial charge < -0.3 is 10.2 Å². The van der Waals surface area contributed by atoms with Gasteiger partial charge in [0.15, 0.2) is 0 Å². The molecule has 0 aromatic carbocycles. The predicted molar refractivity (Wildman–Crippen MR) is 23.6 cm³/mol. The van der Waals surface area contributed by atoms with Gasteiger partial charge in [-0.2, -0.15) is 0 Å². The van der Waals surface area contributed by atoms with Crippen molar-refractivity contribution in [3.05, 3.63) is 0 Å². The van der Waals surface area contributed by atoms with Crippen LogP contribution >= 0.6 is 0 Å². The van der Waals surface area contributed by atoms with Crippen molar-refractivity contribution in [3.63, 3.8) is 0 Å². The Morgan fingerprint density at radius 3 is 1.08 bits per heavy atom. The quantitative estimate of drug-likeness (QED) is 0.389. The van der Waals surface area contributed by atoms with E-state index < -0.39 is 19.5 Å². The van der Waals surface area contributed by atoms with E-state index in [2.05, 4.69) is 0 Å². The Morgan fingerprint density at radius 2 is 1.08 bits per heavy atom. The van der Waals surface area contributed by atoms with Crippen molar-refractivity contribution in [2.75, 3.05) is 0 Å². The van der Waals surface area contributed by atoms with E-state index in [0.717, 1.165) is 0 Å². The molecule has 0 atom stereocenters.